The molecular formula is C14H17N3O. The molecule has 4 nitrogen and oxygen atoms in total. The van der Waals surface area contributed by atoms with Crippen molar-refractivity contribution in [3.63, 3.8) is 0 Å². The van der Waals surface area contributed by atoms with Crippen LogP contribution in [0.1, 0.15) is 29.5 Å². The third-order valence-electron chi connectivity index (χ3n) is 2.93. The van der Waals surface area contributed by atoms with Crippen molar-refractivity contribution in [3.8, 4) is 0 Å². The monoisotopic (exact) mass is 243 g/mol. The highest BCUT2D eigenvalue weighted by Gasteiger charge is 2.11. The molecule has 0 bridgehead atoms. The van der Waals surface area contributed by atoms with E-state index in [4.69, 9.17) is 5.73 Å². The SMILES string of the molecule is CCn1ccnc1C(=O)CCc1ccc(N)cc1. The highest BCUT2D eigenvalue weighted by molar-refractivity contribution is 5.92. The van der Waals surface area contributed by atoms with Crippen LogP contribution in [-0.4, -0.2) is 15.3 Å². The van der Waals surface area contributed by atoms with E-state index in [1.54, 1.807) is 6.20 Å². The number of nitrogens with zero attached hydrogens (tertiary/aromatic N) is 2. The van der Waals surface area contributed by atoms with Gasteiger partial charge in [-0.1, -0.05) is 12.1 Å². The lowest BCUT2D eigenvalue weighted by Gasteiger charge is -2.04. The van der Waals surface area contributed by atoms with Crippen LogP contribution in [0.2, 0.25) is 0 Å². The predicted octanol–water partition coefficient (Wildman–Crippen LogP) is 2.30. The second-order valence-corrected chi connectivity index (χ2v) is 4.20. The predicted molar refractivity (Wildman–Crippen MR) is 71.4 cm³/mol. The van der Waals surface area contributed by atoms with E-state index >= 15 is 0 Å². The number of hydrogen-bond acceptors (Lipinski definition) is 3. The molecule has 0 saturated heterocycles. The minimum Gasteiger partial charge on any atom is -0.399 e. The molecule has 0 radical (unpaired) electrons. The van der Waals surface area contributed by atoms with Crippen molar-refractivity contribution >= 4 is 11.5 Å². The maximum absolute atomic E-state index is 12.0. The van der Waals surface area contributed by atoms with Gasteiger partial charge in [0.25, 0.3) is 0 Å². The molecule has 2 aromatic rings. The van der Waals surface area contributed by atoms with Gasteiger partial charge in [-0.3, -0.25) is 4.79 Å². The third kappa shape index (κ3) is 2.77. The number of nitrogen functional groups attached to an aromatic ring is 1. The molecule has 1 aromatic carbocycles. The fraction of sp³-hybridized carbons (Fsp3) is 0.286. The zero-order valence-corrected chi connectivity index (χ0v) is 10.5. The van der Waals surface area contributed by atoms with Crippen LogP contribution in [-0.2, 0) is 13.0 Å². The molecule has 0 aliphatic rings. The first-order chi connectivity index (χ1) is 8.70. The lowest BCUT2D eigenvalue weighted by Crippen LogP contribution is -2.10. The number of ketones is 1. The molecule has 18 heavy (non-hydrogen) atoms. The number of anilines is 1. The van der Waals surface area contributed by atoms with Crippen molar-refractivity contribution in [2.24, 2.45) is 0 Å². The number of Topliss-reactive ketones (excluding diaryl/α,β-unsaturated/α-hetero) is 1. The summed E-state index contributed by atoms with van der Waals surface area (Å²) in [5, 5.41) is 0. The Hall–Kier alpha value is -2.10. The minimum absolute atomic E-state index is 0.0821. The van der Waals surface area contributed by atoms with Gasteiger partial charge in [-0.25, -0.2) is 4.98 Å². The molecule has 0 spiro atoms. The molecule has 1 heterocycles. The smallest absolute Gasteiger partial charge is 0.198 e. The Bertz CT molecular complexity index is 528. The lowest BCUT2D eigenvalue weighted by atomic mass is 10.1. The Morgan fingerprint density at radius 3 is 2.72 bits per heavy atom. The van der Waals surface area contributed by atoms with E-state index in [0.29, 0.717) is 12.2 Å². The fourth-order valence-electron chi connectivity index (χ4n) is 1.87. The molecule has 0 amide bonds. The van der Waals surface area contributed by atoms with Crippen molar-refractivity contribution < 1.29 is 4.79 Å². The maximum Gasteiger partial charge on any atom is 0.198 e. The molecule has 0 aliphatic heterocycles. The summed E-state index contributed by atoms with van der Waals surface area (Å²) >= 11 is 0. The Morgan fingerprint density at radius 1 is 1.33 bits per heavy atom. The fourth-order valence-corrected chi connectivity index (χ4v) is 1.87. The molecule has 0 atom stereocenters. The average Bonchev–Trinajstić information content (AvgIpc) is 2.86. The molecule has 0 fully saturated rings. The zero-order valence-electron chi connectivity index (χ0n) is 10.5. The van der Waals surface area contributed by atoms with E-state index in [-0.39, 0.29) is 5.78 Å². The van der Waals surface area contributed by atoms with Gasteiger partial charge in [-0.2, -0.15) is 0 Å². The van der Waals surface area contributed by atoms with Crippen molar-refractivity contribution in [2.75, 3.05) is 5.73 Å². The van der Waals surface area contributed by atoms with Gasteiger partial charge in [-0.15, -0.1) is 0 Å². The van der Waals surface area contributed by atoms with E-state index in [1.807, 2.05) is 42.0 Å². The van der Waals surface area contributed by atoms with Crippen molar-refractivity contribution in [1.82, 2.24) is 9.55 Å². The van der Waals surface area contributed by atoms with Gasteiger partial charge in [0, 0.05) is 31.0 Å². The van der Waals surface area contributed by atoms with Crippen LogP contribution >= 0.6 is 0 Å². The first-order valence-corrected chi connectivity index (χ1v) is 6.09. The molecule has 0 unspecified atom stereocenters. The van der Waals surface area contributed by atoms with Crippen LogP contribution < -0.4 is 5.73 Å². The summed E-state index contributed by atoms with van der Waals surface area (Å²) in [6.07, 6.45) is 4.69. The van der Waals surface area contributed by atoms with Crippen LogP contribution in [0, 0.1) is 0 Å². The number of carbonyl (C=O) groups excluding carboxylic acids is 1. The summed E-state index contributed by atoms with van der Waals surface area (Å²) in [7, 11) is 0. The summed E-state index contributed by atoms with van der Waals surface area (Å²) in [5.74, 6) is 0.631. The molecule has 1 aromatic heterocycles. The van der Waals surface area contributed by atoms with Crippen molar-refractivity contribution in [3.05, 3.63) is 48.0 Å². The van der Waals surface area contributed by atoms with Gasteiger partial charge in [-0.05, 0) is 31.0 Å². The van der Waals surface area contributed by atoms with Gasteiger partial charge >= 0.3 is 0 Å². The Morgan fingerprint density at radius 2 is 2.06 bits per heavy atom. The van der Waals surface area contributed by atoms with Crippen LogP contribution in [0.15, 0.2) is 36.7 Å². The summed E-state index contributed by atoms with van der Waals surface area (Å²) in [6.45, 7) is 2.77. The maximum atomic E-state index is 12.0. The number of aryl methyl sites for hydroxylation is 2. The minimum atomic E-state index is 0.0821. The van der Waals surface area contributed by atoms with Crippen molar-refractivity contribution in [2.45, 2.75) is 26.3 Å². The second-order valence-electron chi connectivity index (χ2n) is 4.20. The molecule has 0 aliphatic carbocycles. The number of imidazole rings is 1. The van der Waals surface area contributed by atoms with Crippen LogP contribution in [0.25, 0.3) is 0 Å². The Balaban J connectivity index is 1.98. The number of rotatable bonds is 5. The van der Waals surface area contributed by atoms with Gasteiger partial charge in [0.1, 0.15) is 0 Å². The van der Waals surface area contributed by atoms with Gasteiger partial charge in [0.15, 0.2) is 11.6 Å². The first-order valence-electron chi connectivity index (χ1n) is 6.09. The van der Waals surface area contributed by atoms with E-state index in [2.05, 4.69) is 4.98 Å². The number of aromatic nitrogens is 2. The molecule has 2 rings (SSSR count). The standard InChI is InChI=1S/C14H17N3O/c1-2-17-10-9-16-14(17)13(18)8-5-11-3-6-12(15)7-4-11/h3-4,6-7,9-10H,2,5,8,15H2,1H3. The summed E-state index contributed by atoms with van der Waals surface area (Å²) < 4.78 is 1.87. The van der Waals surface area contributed by atoms with Crippen LogP contribution in [0.3, 0.4) is 0 Å². The van der Waals surface area contributed by atoms with E-state index in [0.717, 1.165) is 24.2 Å². The second kappa shape index (κ2) is 5.49. The van der Waals surface area contributed by atoms with E-state index in [9.17, 15) is 4.79 Å². The lowest BCUT2D eigenvalue weighted by molar-refractivity contribution is 0.0969. The summed E-state index contributed by atoms with van der Waals surface area (Å²) in [5.41, 5.74) is 7.48. The van der Waals surface area contributed by atoms with E-state index in [1.165, 1.54) is 0 Å². The molecular weight excluding hydrogens is 226 g/mol. The van der Waals surface area contributed by atoms with Crippen molar-refractivity contribution in [1.29, 1.82) is 0 Å². The zero-order chi connectivity index (χ0) is 13.0. The highest BCUT2D eigenvalue weighted by Crippen LogP contribution is 2.10. The van der Waals surface area contributed by atoms with Gasteiger partial charge < -0.3 is 10.3 Å². The number of hydrogen-bond donors (Lipinski definition) is 1. The quantitative estimate of drug-likeness (QED) is 0.647. The Kier molecular flexibility index (Phi) is 3.77. The summed E-state index contributed by atoms with van der Waals surface area (Å²) in [6, 6.07) is 7.61. The number of benzene rings is 1. The molecule has 4 heteroatoms. The van der Waals surface area contributed by atoms with Crippen LogP contribution in [0.5, 0.6) is 0 Å². The topological polar surface area (TPSA) is 60.9 Å². The highest BCUT2D eigenvalue weighted by atomic mass is 16.1. The average molecular weight is 243 g/mol. The normalized spacial score (nSPS) is 10.5. The third-order valence-corrected chi connectivity index (χ3v) is 2.93. The first kappa shape index (κ1) is 12.4. The van der Waals surface area contributed by atoms with Gasteiger partial charge in [0.05, 0.1) is 0 Å². The Labute approximate surface area is 106 Å². The van der Waals surface area contributed by atoms with Gasteiger partial charge in [0.2, 0.25) is 0 Å². The largest absolute Gasteiger partial charge is 0.399 e. The molecule has 0 saturated carbocycles. The number of carbonyl (C=O) groups is 1. The van der Waals surface area contributed by atoms with E-state index < -0.39 is 0 Å². The number of nitrogens with two attached hydrogens (primary N) is 1. The molecule has 2 N–H and O–H groups in total. The molecule has 94 valence electrons. The van der Waals surface area contributed by atoms with Crippen LogP contribution in [0.4, 0.5) is 5.69 Å². The summed E-state index contributed by atoms with van der Waals surface area (Å²) in [4.78, 5) is 16.1.